The van der Waals surface area contributed by atoms with Crippen molar-refractivity contribution in [1.82, 2.24) is 4.31 Å². The van der Waals surface area contributed by atoms with E-state index in [-0.39, 0.29) is 11.8 Å². The zero-order valence-electron chi connectivity index (χ0n) is 10.9. The minimum absolute atomic E-state index is 0.0997. The van der Waals surface area contributed by atoms with Crippen LogP contribution in [-0.2, 0) is 15.8 Å². The first-order valence-electron chi connectivity index (χ1n) is 6.83. The fourth-order valence-electron chi connectivity index (χ4n) is 3.32. The standard InChI is InChI=1S/C14H20N2O2S/c15-14-12-6-7-13(14)9-16(8-12)19(17,18)10-11-4-2-1-3-5-11/h1-5,12-14H,6-10,15H2/t12-,13+,14?. The Morgan fingerprint density at radius 3 is 2.26 bits per heavy atom. The molecule has 0 amide bonds. The lowest BCUT2D eigenvalue weighted by atomic mass is 9.95. The van der Waals surface area contributed by atoms with E-state index in [0.717, 1.165) is 18.4 Å². The molecule has 1 aliphatic heterocycles. The van der Waals surface area contributed by atoms with E-state index >= 15 is 0 Å². The van der Waals surface area contributed by atoms with Gasteiger partial charge in [-0.1, -0.05) is 30.3 Å². The molecule has 1 heterocycles. The van der Waals surface area contributed by atoms with E-state index in [4.69, 9.17) is 5.73 Å². The lowest BCUT2D eigenvalue weighted by Crippen LogP contribution is -2.50. The number of sulfonamides is 1. The van der Waals surface area contributed by atoms with Gasteiger partial charge in [-0.25, -0.2) is 12.7 Å². The van der Waals surface area contributed by atoms with Gasteiger partial charge >= 0.3 is 0 Å². The molecule has 1 unspecified atom stereocenters. The van der Waals surface area contributed by atoms with Crippen LogP contribution in [-0.4, -0.2) is 31.9 Å². The summed E-state index contributed by atoms with van der Waals surface area (Å²) in [7, 11) is -3.21. The summed E-state index contributed by atoms with van der Waals surface area (Å²) in [4.78, 5) is 0. The van der Waals surface area contributed by atoms with E-state index in [1.54, 1.807) is 4.31 Å². The van der Waals surface area contributed by atoms with E-state index in [1.807, 2.05) is 30.3 Å². The Morgan fingerprint density at radius 2 is 1.68 bits per heavy atom. The lowest BCUT2D eigenvalue weighted by Gasteiger charge is -2.35. The first kappa shape index (κ1) is 13.1. The molecule has 2 aliphatic rings. The van der Waals surface area contributed by atoms with Gasteiger partial charge < -0.3 is 5.73 Å². The van der Waals surface area contributed by atoms with Gasteiger partial charge in [0.1, 0.15) is 0 Å². The fourth-order valence-corrected chi connectivity index (χ4v) is 4.96. The Hall–Kier alpha value is -0.910. The number of piperidine rings is 1. The van der Waals surface area contributed by atoms with Crippen LogP contribution in [0.2, 0.25) is 0 Å². The van der Waals surface area contributed by atoms with Crippen LogP contribution in [0.25, 0.3) is 0 Å². The zero-order chi connectivity index (χ0) is 13.5. The highest BCUT2D eigenvalue weighted by atomic mass is 32.2. The molecule has 0 spiro atoms. The topological polar surface area (TPSA) is 63.4 Å². The summed E-state index contributed by atoms with van der Waals surface area (Å²) >= 11 is 0. The largest absolute Gasteiger partial charge is 0.327 e. The molecule has 0 radical (unpaired) electrons. The highest BCUT2D eigenvalue weighted by Crippen LogP contribution is 2.36. The Bertz CT molecular complexity index is 530. The van der Waals surface area contributed by atoms with Crippen molar-refractivity contribution in [3.63, 3.8) is 0 Å². The summed E-state index contributed by atoms with van der Waals surface area (Å²) in [6, 6.07) is 9.57. The van der Waals surface area contributed by atoms with Crippen LogP contribution in [0.5, 0.6) is 0 Å². The van der Waals surface area contributed by atoms with Gasteiger partial charge in [0.15, 0.2) is 0 Å². The Kier molecular flexibility index (Phi) is 3.37. The van der Waals surface area contributed by atoms with Crippen LogP contribution >= 0.6 is 0 Å². The molecule has 1 saturated heterocycles. The van der Waals surface area contributed by atoms with Gasteiger partial charge in [-0.15, -0.1) is 0 Å². The molecule has 19 heavy (non-hydrogen) atoms. The highest BCUT2D eigenvalue weighted by Gasteiger charge is 2.43. The average Bonchev–Trinajstić information content (AvgIpc) is 2.62. The fraction of sp³-hybridized carbons (Fsp3) is 0.571. The number of rotatable bonds is 3. The van der Waals surface area contributed by atoms with Crippen LogP contribution in [0, 0.1) is 11.8 Å². The summed E-state index contributed by atoms with van der Waals surface area (Å²) in [6.07, 6.45) is 2.15. The molecule has 4 nitrogen and oxygen atoms in total. The van der Waals surface area contributed by atoms with Crippen molar-refractivity contribution >= 4 is 10.0 Å². The molecule has 2 fully saturated rings. The van der Waals surface area contributed by atoms with Crippen molar-refractivity contribution in [3.8, 4) is 0 Å². The van der Waals surface area contributed by atoms with E-state index in [9.17, 15) is 8.42 Å². The Labute approximate surface area is 114 Å². The molecular weight excluding hydrogens is 260 g/mol. The smallest absolute Gasteiger partial charge is 0.218 e. The van der Waals surface area contributed by atoms with Crippen molar-refractivity contribution in [1.29, 1.82) is 0 Å². The van der Waals surface area contributed by atoms with E-state index < -0.39 is 10.0 Å². The summed E-state index contributed by atoms with van der Waals surface area (Å²) in [5.41, 5.74) is 6.97. The van der Waals surface area contributed by atoms with Crippen LogP contribution in [0.4, 0.5) is 0 Å². The zero-order valence-corrected chi connectivity index (χ0v) is 11.7. The minimum Gasteiger partial charge on any atom is -0.327 e. The summed E-state index contributed by atoms with van der Waals surface area (Å²) in [5.74, 6) is 0.802. The van der Waals surface area contributed by atoms with Gasteiger partial charge in [0.2, 0.25) is 10.0 Å². The van der Waals surface area contributed by atoms with Crippen molar-refractivity contribution in [2.45, 2.75) is 24.6 Å². The first-order chi connectivity index (χ1) is 9.06. The number of hydrogen-bond donors (Lipinski definition) is 1. The van der Waals surface area contributed by atoms with E-state index in [1.165, 1.54) is 0 Å². The van der Waals surface area contributed by atoms with Gasteiger partial charge in [0.05, 0.1) is 5.75 Å². The molecule has 3 rings (SSSR count). The molecule has 104 valence electrons. The van der Waals surface area contributed by atoms with Crippen molar-refractivity contribution in [2.24, 2.45) is 17.6 Å². The van der Waals surface area contributed by atoms with Crippen molar-refractivity contribution in [3.05, 3.63) is 35.9 Å². The minimum atomic E-state index is -3.21. The molecule has 1 aromatic rings. The second kappa shape index (κ2) is 4.89. The van der Waals surface area contributed by atoms with Gasteiger partial charge in [-0.2, -0.15) is 0 Å². The van der Waals surface area contributed by atoms with Crippen LogP contribution < -0.4 is 5.73 Å². The van der Waals surface area contributed by atoms with Crippen molar-refractivity contribution < 1.29 is 8.42 Å². The highest BCUT2D eigenvalue weighted by molar-refractivity contribution is 7.88. The second-order valence-corrected chi connectivity index (χ2v) is 7.70. The van der Waals surface area contributed by atoms with Crippen LogP contribution in [0.15, 0.2) is 30.3 Å². The quantitative estimate of drug-likeness (QED) is 0.904. The average molecular weight is 280 g/mol. The normalized spacial score (nSPS) is 31.5. The van der Waals surface area contributed by atoms with Crippen LogP contribution in [0.3, 0.4) is 0 Å². The molecule has 1 aliphatic carbocycles. The third-order valence-electron chi connectivity index (χ3n) is 4.46. The predicted octanol–water partition coefficient (Wildman–Crippen LogP) is 1.19. The molecule has 2 bridgehead atoms. The third-order valence-corrected chi connectivity index (χ3v) is 6.24. The number of nitrogens with zero attached hydrogens (tertiary/aromatic N) is 1. The SMILES string of the molecule is NC1[C@@H]2CC[C@H]1CN(S(=O)(=O)Cc1ccccc1)C2. The Morgan fingerprint density at radius 1 is 1.11 bits per heavy atom. The molecule has 5 heteroatoms. The van der Waals surface area contributed by atoms with Crippen LogP contribution in [0.1, 0.15) is 18.4 Å². The maximum atomic E-state index is 12.5. The second-order valence-electron chi connectivity index (χ2n) is 5.73. The predicted molar refractivity (Wildman–Crippen MR) is 74.8 cm³/mol. The van der Waals surface area contributed by atoms with E-state index in [0.29, 0.717) is 24.9 Å². The lowest BCUT2D eigenvalue weighted by molar-refractivity contribution is 0.228. The maximum absolute atomic E-state index is 12.5. The first-order valence-corrected chi connectivity index (χ1v) is 8.44. The monoisotopic (exact) mass is 280 g/mol. The number of fused-ring (bicyclic) bond motifs is 2. The summed E-state index contributed by atoms with van der Waals surface area (Å²) < 4.78 is 26.6. The molecule has 2 N–H and O–H groups in total. The molecule has 1 aromatic carbocycles. The summed E-state index contributed by atoms with van der Waals surface area (Å²) in [6.45, 7) is 1.21. The molecule has 3 atom stereocenters. The maximum Gasteiger partial charge on any atom is 0.218 e. The summed E-state index contributed by atoms with van der Waals surface area (Å²) in [5, 5.41) is 0. The third kappa shape index (κ3) is 2.55. The van der Waals surface area contributed by atoms with Gasteiger partial charge in [0, 0.05) is 19.1 Å². The molecule has 0 aromatic heterocycles. The van der Waals surface area contributed by atoms with Crippen molar-refractivity contribution in [2.75, 3.05) is 13.1 Å². The van der Waals surface area contributed by atoms with E-state index in [2.05, 4.69) is 0 Å². The van der Waals surface area contributed by atoms with Gasteiger partial charge in [-0.05, 0) is 30.2 Å². The molecular formula is C14H20N2O2S. The molecule has 1 saturated carbocycles. The number of benzene rings is 1. The van der Waals surface area contributed by atoms with Gasteiger partial charge in [-0.3, -0.25) is 0 Å². The number of nitrogens with two attached hydrogens (primary N) is 1. The number of hydrogen-bond acceptors (Lipinski definition) is 3. The van der Waals surface area contributed by atoms with Gasteiger partial charge in [0.25, 0.3) is 0 Å². The Balaban J connectivity index is 1.75.